The number of nitrogens with zero attached hydrogens (tertiary/aromatic N) is 1. The van der Waals surface area contributed by atoms with Gasteiger partial charge < -0.3 is 10.6 Å². The number of hydrogen-bond acceptors (Lipinski definition) is 4. The Morgan fingerprint density at radius 3 is 2.80 bits per heavy atom. The van der Waals surface area contributed by atoms with Crippen LogP contribution in [0.4, 0.5) is 11.4 Å². The van der Waals surface area contributed by atoms with Gasteiger partial charge in [-0.2, -0.15) is 0 Å². The molecule has 0 aromatic heterocycles. The highest BCUT2D eigenvalue weighted by Gasteiger charge is 2.19. The first-order chi connectivity index (χ1) is 7.18. The van der Waals surface area contributed by atoms with Crippen LogP contribution < -0.4 is 10.6 Å². The Balaban J connectivity index is 2.22. The van der Waals surface area contributed by atoms with Gasteiger partial charge in [0.1, 0.15) is 0 Å². The highest BCUT2D eigenvalue weighted by molar-refractivity contribution is 5.60. The summed E-state index contributed by atoms with van der Waals surface area (Å²) in [5.74, 6) is 0. The number of nitrogens with one attached hydrogen (secondary N) is 2. The summed E-state index contributed by atoms with van der Waals surface area (Å²) in [4.78, 5) is 10.4. The molecule has 2 rings (SSSR count). The van der Waals surface area contributed by atoms with Gasteiger partial charge in [-0.15, -0.1) is 0 Å². The molecule has 0 bridgehead atoms. The van der Waals surface area contributed by atoms with Gasteiger partial charge in [0, 0.05) is 30.4 Å². The van der Waals surface area contributed by atoms with Gasteiger partial charge in [-0.3, -0.25) is 10.1 Å². The van der Waals surface area contributed by atoms with Crippen LogP contribution in [0.5, 0.6) is 0 Å². The summed E-state index contributed by atoms with van der Waals surface area (Å²) in [6.45, 7) is 3.61. The van der Waals surface area contributed by atoms with E-state index >= 15 is 0 Å². The zero-order chi connectivity index (χ0) is 10.8. The van der Waals surface area contributed by atoms with E-state index < -0.39 is 0 Å². The van der Waals surface area contributed by atoms with Crippen molar-refractivity contribution in [2.75, 3.05) is 18.4 Å². The Kier molecular flexibility index (Phi) is 2.55. The third kappa shape index (κ3) is 1.92. The fraction of sp³-hybridized carbons (Fsp3) is 0.400. The normalized spacial score (nSPS) is 15.8. The number of benzene rings is 1. The fourth-order valence-electron chi connectivity index (χ4n) is 1.59. The number of nitro groups is 1. The quantitative estimate of drug-likeness (QED) is 0.579. The van der Waals surface area contributed by atoms with Crippen LogP contribution in [0.1, 0.15) is 5.56 Å². The molecule has 1 heterocycles. The summed E-state index contributed by atoms with van der Waals surface area (Å²) in [5.41, 5.74) is 1.73. The average Bonchev–Trinajstić information content (AvgIpc) is 2.13. The van der Waals surface area contributed by atoms with Crippen molar-refractivity contribution in [1.29, 1.82) is 0 Å². The lowest BCUT2D eigenvalue weighted by molar-refractivity contribution is -0.385. The fourth-order valence-corrected chi connectivity index (χ4v) is 1.59. The van der Waals surface area contributed by atoms with Crippen LogP contribution in [0, 0.1) is 17.0 Å². The topological polar surface area (TPSA) is 67.2 Å². The molecule has 0 aliphatic carbocycles. The number of anilines is 1. The molecule has 1 aliphatic heterocycles. The van der Waals surface area contributed by atoms with Gasteiger partial charge in [0.05, 0.1) is 11.0 Å². The number of rotatable bonds is 3. The lowest BCUT2D eigenvalue weighted by Gasteiger charge is -2.29. The average molecular weight is 207 g/mol. The summed E-state index contributed by atoms with van der Waals surface area (Å²) in [6, 6.07) is 5.51. The van der Waals surface area contributed by atoms with E-state index in [9.17, 15) is 10.1 Å². The maximum atomic E-state index is 10.7. The highest BCUT2D eigenvalue weighted by atomic mass is 16.6. The molecule has 0 saturated carbocycles. The van der Waals surface area contributed by atoms with E-state index in [0.717, 1.165) is 18.8 Å². The molecule has 80 valence electrons. The monoisotopic (exact) mass is 207 g/mol. The molecule has 2 N–H and O–H groups in total. The Bertz CT molecular complexity index is 388. The van der Waals surface area contributed by atoms with Gasteiger partial charge in [-0.1, -0.05) is 6.07 Å². The molecule has 0 radical (unpaired) electrons. The minimum atomic E-state index is -0.348. The van der Waals surface area contributed by atoms with Crippen molar-refractivity contribution in [1.82, 2.24) is 5.32 Å². The zero-order valence-electron chi connectivity index (χ0n) is 8.49. The molecule has 1 fully saturated rings. The standard InChI is InChI=1S/C10H13N3O2/c1-7-9(12-8-5-11-6-8)3-2-4-10(7)13(14)15/h2-4,8,11-12H,5-6H2,1H3. The van der Waals surface area contributed by atoms with Crippen molar-refractivity contribution in [3.63, 3.8) is 0 Å². The van der Waals surface area contributed by atoms with E-state index in [0.29, 0.717) is 11.6 Å². The van der Waals surface area contributed by atoms with Gasteiger partial charge in [0.25, 0.3) is 5.69 Å². The summed E-state index contributed by atoms with van der Waals surface area (Å²) in [6.07, 6.45) is 0. The van der Waals surface area contributed by atoms with Crippen molar-refractivity contribution in [3.05, 3.63) is 33.9 Å². The zero-order valence-corrected chi connectivity index (χ0v) is 8.49. The van der Waals surface area contributed by atoms with E-state index in [1.54, 1.807) is 13.0 Å². The van der Waals surface area contributed by atoms with E-state index in [1.807, 2.05) is 6.07 Å². The molecular weight excluding hydrogens is 194 g/mol. The molecule has 1 aliphatic rings. The van der Waals surface area contributed by atoms with E-state index in [-0.39, 0.29) is 10.6 Å². The van der Waals surface area contributed by atoms with Crippen molar-refractivity contribution in [2.45, 2.75) is 13.0 Å². The van der Waals surface area contributed by atoms with Crippen LogP contribution in [0.3, 0.4) is 0 Å². The Morgan fingerprint density at radius 1 is 1.53 bits per heavy atom. The first-order valence-electron chi connectivity index (χ1n) is 4.90. The molecule has 1 aromatic carbocycles. The molecule has 1 aromatic rings. The summed E-state index contributed by atoms with van der Waals surface area (Å²) >= 11 is 0. The van der Waals surface area contributed by atoms with E-state index in [2.05, 4.69) is 10.6 Å². The summed E-state index contributed by atoms with van der Waals surface area (Å²) in [7, 11) is 0. The maximum Gasteiger partial charge on any atom is 0.274 e. The molecule has 5 nitrogen and oxygen atoms in total. The molecule has 0 amide bonds. The van der Waals surface area contributed by atoms with Gasteiger partial charge >= 0.3 is 0 Å². The van der Waals surface area contributed by atoms with Gasteiger partial charge in [-0.05, 0) is 13.0 Å². The molecule has 0 atom stereocenters. The molecule has 15 heavy (non-hydrogen) atoms. The molecular formula is C10H13N3O2. The van der Waals surface area contributed by atoms with Crippen LogP contribution in [-0.2, 0) is 0 Å². The predicted molar refractivity (Wildman–Crippen MR) is 58.1 cm³/mol. The molecule has 5 heteroatoms. The largest absolute Gasteiger partial charge is 0.379 e. The lowest BCUT2D eigenvalue weighted by Crippen LogP contribution is -2.51. The van der Waals surface area contributed by atoms with E-state index in [4.69, 9.17) is 0 Å². The third-order valence-electron chi connectivity index (χ3n) is 2.64. The molecule has 1 saturated heterocycles. The van der Waals surface area contributed by atoms with Crippen molar-refractivity contribution < 1.29 is 4.92 Å². The number of hydrogen-bond donors (Lipinski definition) is 2. The Hall–Kier alpha value is -1.62. The second-order valence-electron chi connectivity index (χ2n) is 3.71. The van der Waals surface area contributed by atoms with E-state index in [1.165, 1.54) is 6.07 Å². The van der Waals surface area contributed by atoms with Crippen LogP contribution >= 0.6 is 0 Å². The first kappa shape index (κ1) is 9.92. The van der Waals surface area contributed by atoms with Crippen LogP contribution in [0.25, 0.3) is 0 Å². The maximum absolute atomic E-state index is 10.7. The summed E-state index contributed by atoms with van der Waals surface area (Å²) in [5, 5.41) is 17.1. The highest BCUT2D eigenvalue weighted by Crippen LogP contribution is 2.25. The number of nitro benzene ring substituents is 1. The Morgan fingerprint density at radius 2 is 2.27 bits per heavy atom. The lowest BCUT2D eigenvalue weighted by atomic mass is 10.1. The van der Waals surface area contributed by atoms with Gasteiger partial charge in [-0.25, -0.2) is 0 Å². The van der Waals surface area contributed by atoms with Crippen LogP contribution in [-0.4, -0.2) is 24.1 Å². The third-order valence-corrected chi connectivity index (χ3v) is 2.64. The van der Waals surface area contributed by atoms with Crippen LogP contribution in [0.2, 0.25) is 0 Å². The van der Waals surface area contributed by atoms with Crippen molar-refractivity contribution >= 4 is 11.4 Å². The van der Waals surface area contributed by atoms with Crippen LogP contribution in [0.15, 0.2) is 18.2 Å². The van der Waals surface area contributed by atoms with Gasteiger partial charge in [0.15, 0.2) is 0 Å². The minimum Gasteiger partial charge on any atom is -0.379 e. The van der Waals surface area contributed by atoms with Crippen molar-refractivity contribution in [2.24, 2.45) is 0 Å². The van der Waals surface area contributed by atoms with Crippen molar-refractivity contribution in [3.8, 4) is 0 Å². The molecule has 0 unspecified atom stereocenters. The first-order valence-corrected chi connectivity index (χ1v) is 4.90. The Labute approximate surface area is 87.6 Å². The summed E-state index contributed by atoms with van der Waals surface area (Å²) < 4.78 is 0. The second kappa shape index (κ2) is 3.86. The SMILES string of the molecule is Cc1c(NC2CNC2)cccc1[N+](=O)[O-]. The second-order valence-corrected chi connectivity index (χ2v) is 3.71. The van der Waals surface area contributed by atoms with Gasteiger partial charge in [0.2, 0.25) is 0 Å². The smallest absolute Gasteiger partial charge is 0.274 e. The molecule has 0 spiro atoms. The minimum absolute atomic E-state index is 0.173. The predicted octanol–water partition coefficient (Wildman–Crippen LogP) is 1.29.